The van der Waals surface area contributed by atoms with Crippen LogP contribution in [0.15, 0.2) is 55.6 Å². The molecule has 0 radical (unpaired) electrons. The van der Waals surface area contributed by atoms with Crippen LogP contribution in [-0.2, 0) is 35.2 Å². The zero-order valence-corrected chi connectivity index (χ0v) is 25.8. The van der Waals surface area contributed by atoms with Crippen molar-refractivity contribution in [1.29, 1.82) is 0 Å². The van der Waals surface area contributed by atoms with E-state index in [9.17, 15) is 24.3 Å². The van der Waals surface area contributed by atoms with Crippen LogP contribution < -0.4 is 5.32 Å². The molecule has 3 aliphatic rings. The first kappa shape index (κ1) is 33.4. The summed E-state index contributed by atoms with van der Waals surface area (Å²) >= 11 is 0. The molecule has 1 aromatic carbocycles. The highest BCUT2D eigenvalue weighted by atomic mass is 16.6. The average Bonchev–Trinajstić information content (AvgIpc) is 3.66. The normalized spacial score (nSPS) is 25.8. The molecule has 3 saturated heterocycles. The Hall–Kier alpha value is -3.50. The Kier molecular flexibility index (Phi) is 11.7. The van der Waals surface area contributed by atoms with Crippen LogP contribution in [0, 0.1) is 11.8 Å². The Morgan fingerprint density at radius 2 is 1.93 bits per heavy atom. The number of nitrogens with zero attached hydrogens (tertiary/aromatic N) is 2. The van der Waals surface area contributed by atoms with Gasteiger partial charge in [0.05, 0.1) is 24.5 Å². The molecule has 0 saturated carbocycles. The Labute approximate surface area is 260 Å². The number of benzene rings is 1. The number of nitrogens with one attached hydrogen (secondary N) is 1. The van der Waals surface area contributed by atoms with E-state index in [0.29, 0.717) is 58.2 Å². The summed E-state index contributed by atoms with van der Waals surface area (Å²) in [7, 11) is 0. The maximum absolute atomic E-state index is 14.4. The molecule has 0 unspecified atom stereocenters. The summed E-state index contributed by atoms with van der Waals surface area (Å²) < 4.78 is 12.3. The topological polar surface area (TPSA) is 125 Å². The Morgan fingerprint density at radius 1 is 1.18 bits per heavy atom. The van der Waals surface area contributed by atoms with Gasteiger partial charge in [-0.05, 0) is 44.6 Å². The molecule has 1 aromatic rings. The van der Waals surface area contributed by atoms with Gasteiger partial charge in [-0.3, -0.25) is 19.2 Å². The van der Waals surface area contributed by atoms with Crippen LogP contribution in [0.5, 0.6) is 0 Å². The maximum Gasteiger partial charge on any atom is 0.312 e. The number of carbonyl (C=O) groups is 4. The van der Waals surface area contributed by atoms with Gasteiger partial charge >= 0.3 is 5.97 Å². The number of likely N-dealkylation sites (tertiary alicyclic amines) is 1. The quantitative estimate of drug-likeness (QED) is 0.149. The molecule has 2 N–H and O–H groups in total. The SMILES string of the molecule is C=CCCC(=O)NC[C@@H](C)OC(=O)[C@@H]1[C@@H]2CC[C@]3(O2)[C@H](C(=O)N(CC=C)Cc2ccccc2)N(CCCCCCO)C(=O)[C@@H]13. The van der Waals surface area contributed by atoms with Gasteiger partial charge in [-0.25, -0.2) is 0 Å². The number of aliphatic hydroxyl groups is 1. The minimum atomic E-state index is -1.12. The molecule has 3 aliphatic heterocycles. The van der Waals surface area contributed by atoms with Crippen LogP contribution in [0.25, 0.3) is 0 Å². The highest BCUT2D eigenvalue weighted by Crippen LogP contribution is 2.59. The third kappa shape index (κ3) is 7.24. The molecule has 4 rings (SSSR count). The molecular formula is C34H47N3O7. The van der Waals surface area contributed by atoms with Gasteiger partial charge in [-0.15, -0.1) is 13.2 Å². The van der Waals surface area contributed by atoms with Gasteiger partial charge in [0.1, 0.15) is 17.7 Å². The molecule has 44 heavy (non-hydrogen) atoms. The van der Waals surface area contributed by atoms with Crippen LogP contribution >= 0.6 is 0 Å². The molecule has 6 atom stereocenters. The van der Waals surface area contributed by atoms with Crippen LogP contribution in [0.2, 0.25) is 0 Å². The second kappa shape index (κ2) is 15.5. The molecule has 3 amide bonds. The number of unbranched alkanes of at least 4 members (excludes halogenated alkanes) is 3. The van der Waals surface area contributed by atoms with Gasteiger partial charge < -0.3 is 29.7 Å². The van der Waals surface area contributed by atoms with E-state index in [1.165, 1.54) is 0 Å². The lowest BCUT2D eigenvalue weighted by Gasteiger charge is -2.37. The first-order chi connectivity index (χ1) is 21.3. The van der Waals surface area contributed by atoms with Crippen LogP contribution in [0.3, 0.4) is 0 Å². The summed E-state index contributed by atoms with van der Waals surface area (Å²) in [5.74, 6) is -2.81. The van der Waals surface area contributed by atoms with Crippen molar-refractivity contribution in [2.75, 3.05) is 26.2 Å². The molecule has 0 aromatic heterocycles. The molecular weight excluding hydrogens is 562 g/mol. The molecule has 1 spiro atoms. The fraction of sp³-hybridized carbons (Fsp3) is 0.588. The smallest absolute Gasteiger partial charge is 0.312 e. The Bertz CT molecular complexity index is 1190. The summed E-state index contributed by atoms with van der Waals surface area (Å²) in [6.07, 6.45) is 7.09. The fourth-order valence-corrected chi connectivity index (χ4v) is 6.95. The zero-order valence-electron chi connectivity index (χ0n) is 25.8. The third-order valence-electron chi connectivity index (χ3n) is 8.97. The summed E-state index contributed by atoms with van der Waals surface area (Å²) in [5.41, 5.74) is -0.161. The molecule has 2 bridgehead atoms. The standard InChI is InChI=1S/C34H47N3O7/c1-4-6-16-27(39)35-22-24(3)43-33(42)28-26-17-18-34(44-26)29(28)31(40)37(20-12-7-8-13-21-38)30(34)32(41)36(19-5-2)23-25-14-10-9-11-15-25/h4-5,9-11,14-15,24,26,28-30,38H,1-2,6-8,12-13,16-23H2,3H3,(H,35,39)/t24-,26+,28-,29-,30+,34-/m1/s1. The van der Waals surface area contributed by atoms with Crippen molar-refractivity contribution < 1.29 is 33.8 Å². The Balaban J connectivity index is 1.55. The lowest BCUT2D eigenvalue weighted by Crippen LogP contribution is -2.56. The highest BCUT2D eigenvalue weighted by molar-refractivity contribution is 5.98. The number of carbonyl (C=O) groups excluding carboxylic acids is 4. The molecule has 10 nitrogen and oxygen atoms in total. The van der Waals surface area contributed by atoms with Gasteiger partial charge in [0.2, 0.25) is 17.7 Å². The van der Waals surface area contributed by atoms with Crippen molar-refractivity contribution in [3.05, 3.63) is 61.2 Å². The second-order valence-electron chi connectivity index (χ2n) is 12.1. The highest BCUT2D eigenvalue weighted by Gasteiger charge is 2.75. The summed E-state index contributed by atoms with van der Waals surface area (Å²) in [6.45, 7) is 10.5. The number of aliphatic hydroxyl groups excluding tert-OH is 1. The maximum atomic E-state index is 14.4. The van der Waals surface area contributed by atoms with E-state index in [0.717, 1.165) is 18.4 Å². The number of hydrogen-bond acceptors (Lipinski definition) is 7. The number of amides is 3. The number of rotatable bonds is 18. The van der Waals surface area contributed by atoms with Gasteiger partial charge in [0.25, 0.3) is 0 Å². The predicted octanol–water partition coefficient (Wildman–Crippen LogP) is 3.14. The molecule has 10 heteroatoms. The first-order valence-electron chi connectivity index (χ1n) is 15.9. The molecule has 0 aliphatic carbocycles. The minimum absolute atomic E-state index is 0.112. The van der Waals surface area contributed by atoms with E-state index in [1.807, 2.05) is 30.3 Å². The van der Waals surface area contributed by atoms with Crippen LogP contribution in [0.1, 0.15) is 63.9 Å². The van der Waals surface area contributed by atoms with E-state index >= 15 is 0 Å². The van der Waals surface area contributed by atoms with E-state index < -0.39 is 41.7 Å². The summed E-state index contributed by atoms with van der Waals surface area (Å²) in [5, 5.41) is 11.9. The third-order valence-corrected chi connectivity index (χ3v) is 8.97. The first-order valence-corrected chi connectivity index (χ1v) is 15.9. The van der Waals surface area contributed by atoms with Gasteiger partial charge in [-0.1, -0.05) is 55.3 Å². The van der Waals surface area contributed by atoms with Gasteiger partial charge in [0, 0.05) is 32.7 Å². The molecule has 3 fully saturated rings. The average molecular weight is 610 g/mol. The van der Waals surface area contributed by atoms with Crippen molar-refractivity contribution in [2.45, 2.75) is 88.7 Å². The monoisotopic (exact) mass is 609 g/mol. The zero-order chi connectivity index (χ0) is 31.7. The van der Waals surface area contributed by atoms with Gasteiger partial charge in [0.15, 0.2) is 0 Å². The van der Waals surface area contributed by atoms with Gasteiger partial charge in [-0.2, -0.15) is 0 Å². The van der Waals surface area contributed by atoms with E-state index in [-0.39, 0.29) is 30.9 Å². The Morgan fingerprint density at radius 3 is 2.64 bits per heavy atom. The van der Waals surface area contributed by atoms with Crippen LogP contribution in [0.4, 0.5) is 0 Å². The number of allylic oxidation sites excluding steroid dienone is 1. The summed E-state index contributed by atoms with van der Waals surface area (Å²) in [6, 6.07) is 8.80. The van der Waals surface area contributed by atoms with Crippen LogP contribution in [-0.4, -0.2) is 88.7 Å². The lowest BCUT2D eigenvalue weighted by molar-refractivity contribution is -0.159. The number of esters is 1. The number of fused-ring (bicyclic) bond motifs is 1. The minimum Gasteiger partial charge on any atom is -0.460 e. The largest absolute Gasteiger partial charge is 0.460 e. The second-order valence-corrected chi connectivity index (χ2v) is 12.1. The molecule has 240 valence electrons. The van der Waals surface area contributed by atoms with Crippen molar-refractivity contribution in [2.24, 2.45) is 11.8 Å². The van der Waals surface area contributed by atoms with Crippen molar-refractivity contribution in [3.63, 3.8) is 0 Å². The number of ether oxygens (including phenoxy) is 2. The van der Waals surface area contributed by atoms with Crippen molar-refractivity contribution >= 4 is 23.7 Å². The fourth-order valence-electron chi connectivity index (χ4n) is 6.95. The van der Waals surface area contributed by atoms with Crippen molar-refractivity contribution in [1.82, 2.24) is 15.1 Å². The summed E-state index contributed by atoms with van der Waals surface area (Å²) in [4.78, 5) is 57.6. The van der Waals surface area contributed by atoms with E-state index in [2.05, 4.69) is 18.5 Å². The van der Waals surface area contributed by atoms with Crippen molar-refractivity contribution in [3.8, 4) is 0 Å². The molecule has 3 heterocycles. The lowest BCUT2D eigenvalue weighted by atomic mass is 9.70. The number of hydrogen-bond donors (Lipinski definition) is 2. The predicted molar refractivity (Wildman–Crippen MR) is 165 cm³/mol. The van der Waals surface area contributed by atoms with E-state index in [1.54, 1.807) is 28.9 Å². The van der Waals surface area contributed by atoms with E-state index in [4.69, 9.17) is 9.47 Å².